The largest absolute Gasteiger partial charge is 0.496 e. The third-order valence-electron chi connectivity index (χ3n) is 5.10. The molecule has 1 heterocycles. The highest BCUT2D eigenvalue weighted by molar-refractivity contribution is 6.35. The summed E-state index contributed by atoms with van der Waals surface area (Å²) in [5, 5.41) is 5.91. The van der Waals surface area contributed by atoms with Gasteiger partial charge >= 0.3 is 0 Å². The Kier molecular flexibility index (Phi) is 7.96. The van der Waals surface area contributed by atoms with Gasteiger partial charge in [-0.15, -0.1) is 11.6 Å². The van der Waals surface area contributed by atoms with E-state index in [0.717, 1.165) is 32.5 Å². The van der Waals surface area contributed by atoms with Crippen molar-refractivity contribution in [3.05, 3.63) is 58.6 Å². The van der Waals surface area contributed by atoms with Gasteiger partial charge in [0.1, 0.15) is 11.6 Å². The van der Waals surface area contributed by atoms with E-state index >= 15 is 0 Å². The molecular formula is C22H25Cl2N3O3. The van der Waals surface area contributed by atoms with Crippen molar-refractivity contribution < 1.29 is 14.3 Å². The molecule has 2 aromatic carbocycles. The first-order valence-electron chi connectivity index (χ1n) is 9.80. The maximum Gasteiger partial charge on any atom is 0.255 e. The van der Waals surface area contributed by atoms with E-state index in [4.69, 9.17) is 27.9 Å². The summed E-state index contributed by atoms with van der Waals surface area (Å²) in [6.07, 6.45) is 1.75. The van der Waals surface area contributed by atoms with Crippen molar-refractivity contribution in [2.75, 3.05) is 31.4 Å². The molecule has 0 aliphatic carbocycles. The molecule has 0 atom stereocenters. The monoisotopic (exact) mass is 449 g/mol. The second-order valence-electron chi connectivity index (χ2n) is 7.22. The van der Waals surface area contributed by atoms with Crippen LogP contribution in [0.2, 0.25) is 5.02 Å². The Morgan fingerprint density at radius 3 is 2.50 bits per heavy atom. The number of anilines is 1. The first kappa shape index (κ1) is 22.4. The average molecular weight is 450 g/mol. The first-order chi connectivity index (χ1) is 14.5. The predicted molar refractivity (Wildman–Crippen MR) is 120 cm³/mol. The number of likely N-dealkylation sites (tertiary alicyclic amines) is 1. The zero-order valence-electron chi connectivity index (χ0n) is 16.8. The molecule has 0 saturated carbocycles. The van der Waals surface area contributed by atoms with Crippen molar-refractivity contribution in [2.24, 2.45) is 0 Å². The topological polar surface area (TPSA) is 70.7 Å². The number of alkyl halides is 1. The van der Waals surface area contributed by atoms with E-state index in [-0.39, 0.29) is 28.8 Å². The molecule has 6 nitrogen and oxygen atoms in total. The molecule has 2 amide bonds. The fourth-order valence-corrected chi connectivity index (χ4v) is 3.80. The summed E-state index contributed by atoms with van der Waals surface area (Å²) in [4.78, 5) is 26.8. The van der Waals surface area contributed by atoms with E-state index in [1.54, 1.807) is 0 Å². The molecule has 8 heteroatoms. The van der Waals surface area contributed by atoms with Gasteiger partial charge in [-0.25, -0.2) is 0 Å². The lowest BCUT2D eigenvalue weighted by Crippen LogP contribution is -2.44. The highest BCUT2D eigenvalue weighted by Crippen LogP contribution is 2.31. The number of carbonyl (C=O) groups is 2. The molecule has 2 N–H and O–H groups in total. The molecule has 1 aliphatic heterocycles. The highest BCUT2D eigenvalue weighted by atomic mass is 35.5. The second kappa shape index (κ2) is 10.7. The number of benzene rings is 2. The summed E-state index contributed by atoms with van der Waals surface area (Å²) in [5.41, 5.74) is 1.98. The van der Waals surface area contributed by atoms with Crippen molar-refractivity contribution in [1.82, 2.24) is 10.2 Å². The number of rotatable bonds is 7. The zero-order chi connectivity index (χ0) is 21.5. The molecule has 160 valence electrons. The number of nitrogens with one attached hydrogen (secondary N) is 2. The molecular weight excluding hydrogens is 425 g/mol. The van der Waals surface area contributed by atoms with Gasteiger partial charge in [-0.2, -0.15) is 0 Å². The molecule has 1 aliphatic rings. The lowest BCUT2D eigenvalue weighted by Gasteiger charge is -2.32. The van der Waals surface area contributed by atoms with Crippen molar-refractivity contribution in [1.29, 1.82) is 0 Å². The quantitative estimate of drug-likeness (QED) is 0.628. The Labute approximate surface area is 186 Å². The molecule has 1 saturated heterocycles. The van der Waals surface area contributed by atoms with Crippen LogP contribution in [0.15, 0.2) is 42.5 Å². The summed E-state index contributed by atoms with van der Waals surface area (Å²) in [6, 6.07) is 13.5. The van der Waals surface area contributed by atoms with Crippen LogP contribution in [-0.4, -0.2) is 48.8 Å². The molecule has 30 heavy (non-hydrogen) atoms. The molecule has 0 aromatic heterocycles. The van der Waals surface area contributed by atoms with Crippen LogP contribution < -0.4 is 15.4 Å². The lowest BCUT2D eigenvalue weighted by atomic mass is 10.0. The number of amides is 2. The summed E-state index contributed by atoms with van der Waals surface area (Å²) in [7, 11) is 1.47. The third kappa shape index (κ3) is 5.88. The average Bonchev–Trinajstić information content (AvgIpc) is 2.76. The fraction of sp³-hybridized carbons (Fsp3) is 0.364. The van der Waals surface area contributed by atoms with Gasteiger partial charge in [0.2, 0.25) is 5.91 Å². The van der Waals surface area contributed by atoms with E-state index in [1.165, 1.54) is 24.8 Å². The van der Waals surface area contributed by atoms with Crippen LogP contribution >= 0.6 is 23.2 Å². The number of nitrogens with zero attached hydrogens (tertiary/aromatic N) is 1. The first-order valence-corrected chi connectivity index (χ1v) is 10.7. The lowest BCUT2D eigenvalue weighted by molar-refractivity contribution is -0.113. The van der Waals surface area contributed by atoms with E-state index in [2.05, 4.69) is 27.7 Å². The number of carbonyl (C=O) groups excluding carboxylic acids is 2. The predicted octanol–water partition coefficient (Wildman–Crippen LogP) is 3.92. The molecule has 0 radical (unpaired) electrons. The fourth-order valence-electron chi connectivity index (χ4n) is 3.52. The minimum absolute atomic E-state index is 0.0867. The van der Waals surface area contributed by atoms with Gasteiger partial charge in [0.25, 0.3) is 5.91 Å². The van der Waals surface area contributed by atoms with Gasteiger partial charge in [0.05, 0.1) is 23.4 Å². The number of methoxy groups -OCH3 is 1. The van der Waals surface area contributed by atoms with Crippen LogP contribution in [0, 0.1) is 0 Å². The Hall–Kier alpha value is -2.28. The maximum atomic E-state index is 12.8. The Morgan fingerprint density at radius 2 is 1.87 bits per heavy atom. The summed E-state index contributed by atoms with van der Waals surface area (Å²) >= 11 is 11.8. The number of hydrogen-bond donors (Lipinski definition) is 2. The second-order valence-corrected chi connectivity index (χ2v) is 7.90. The number of halogens is 2. The van der Waals surface area contributed by atoms with Crippen LogP contribution in [-0.2, 0) is 11.3 Å². The standard InChI is InChI=1S/C22H25Cl2N3O3/c1-30-20-12-19(26-21(28)13-23)18(24)11-17(20)22(29)25-16-7-9-27(10-8-16)14-15-5-3-2-4-6-15/h2-6,11-12,16H,7-10,13-14H2,1H3,(H,25,29)(H,26,28). The number of piperidine rings is 1. The van der Waals surface area contributed by atoms with E-state index in [0.29, 0.717) is 17.0 Å². The van der Waals surface area contributed by atoms with Crippen molar-refractivity contribution >= 4 is 40.7 Å². The normalized spacial score (nSPS) is 14.9. The van der Waals surface area contributed by atoms with Crippen LogP contribution in [0.25, 0.3) is 0 Å². The molecule has 1 fully saturated rings. The Bertz CT molecular complexity index is 885. The highest BCUT2D eigenvalue weighted by Gasteiger charge is 2.23. The third-order valence-corrected chi connectivity index (χ3v) is 5.66. The van der Waals surface area contributed by atoms with Crippen molar-refractivity contribution in [3.63, 3.8) is 0 Å². The van der Waals surface area contributed by atoms with Gasteiger partial charge in [-0.3, -0.25) is 14.5 Å². The van der Waals surface area contributed by atoms with Gasteiger partial charge in [-0.05, 0) is 24.5 Å². The molecule has 0 bridgehead atoms. The van der Waals surface area contributed by atoms with E-state index in [9.17, 15) is 9.59 Å². The summed E-state index contributed by atoms with van der Waals surface area (Å²) in [6.45, 7) is 2.75. The van der Waals surface area contributed by atoms with Crippen LogP contribution in [0.1, 0.15) is 28.8 Å². The van der Waals surface area contributed by atoms with Gasteiger partial charge in [0, 0.05) is 31.7 Å². The molecule has 2 aromatic rings. The minimum Gasteiger partial charge on any atom is -0.496 e. The molecule has 0 unspecified atom stereocenters. The van der Waals surface area contributed by atoms with Crippen LogP contribution in [0.5, 0.6) is 5.75 Å². The Morgan fingerprint density at radius 1 is 1.17 bits per heavy atom. The van der Waals surface area contributed by atoms with Crippen LogP contribution in [0.4, 0.5) is 5.69 Å². The zero-order valence-corrected chi connectivity index (χ0v) is 18.3. The Balaban J connectivity index is 1.59. The summed E-state index contributed by atoms with van der Waals surface area (Å²) in [5.74, 6) is -0.488. The minimum atomic E-state index is -0.389. The molecule has 0 spiro atoms. The number of ether oxygens (including phenoxy) is 1. The van der Waals surface area contributed by atoms with Crippen LogP contribution in [0.3, 0.4) is 0 Å². The number of hydrogen-bond acceptors (Lipinski definition) is 4. The van der Waals surface area contributed by atoms with E-state index in [1.807, 2.05) is 18.2 Å². The van der Waals surface area contributed by atoms with Gasteiger partial charge in [0.15, 0.2) is 0 Å². The van der Waals surface area contributed by atoms with Gasteiger partial charge < -0.3 is 15.4 Å². The molecule has 3 rings (SSSR count). The maximum absolute atomic E-state index is 12.8. The SMILES string of the molecule is COc1cc(NC(=O)CCl)c(Cl)cc1C(=O)NC1CCN(Cc2ccccc2)CC1. The van der Waals surface area contributed by atoms with E-state index < -0.39 is 0 Å². The van der Waals surface area contributed by atoms with Gasteiger partial charge in [-0.1, -0.05) is 41.9 Å². The summed E-state index contributed by atoms with van der Waals surface area (Å²) < 4.78 is 5.34. The smallest absolute Gasteiger partial charge is 0.255 e. The van der Waals surface area contributed by atoms with Crippen molar-refractivity contribution in [3.8, 4) is 5.75 Å². The van der Waals surface area contributed by atoms with Crippen molar-refractivity contribution in [2.45, 2.75) is 25.4 Å².